The molecule has 6 heteroatoms. The highest BCUT2D eigenvalue weighted by Crippen LogP contribution is 2.25. The summed E-state index contributed by atoms with van der Waals surface area (Å²) in [5.74, 6) is -0.923. The summed E-state index contributed by atoms with van der Waals surface area (Å²) >= 11 is 6.92. The Morgan fingerprint density at radius 2 is 2.00 bits per heavy atom. The van der Waals surface area contributed by atoms with Crippen LogP contribution in [0.15, 0.2) is 24.3 Å². The fourth-order valence-corrected chi connectivity index (χ4v) is 2.80. The average Bonchev–Trinajstić information content (AvgIpc) is 2.78. The molecule has 4 nitrogen and oxygen atoms in total. The lowest BCUT2D eigenvalue weighted by atomic mass is 10.2. The molecule has 0 N–H and O–H groups in total. The molecular weight excluding hydrogens is 262 g/mol. The zero-order chi connectivity index (χ0) is 12.4. The van der Waals surface area contributed by atoms with Gasteiger partial charge in [0.05, 0.1) is 5.97 Å². The van der Waals surface area contributed by atoms with Crippen LogP contribution in [0.2, 0.25) is 5.02 Å². The summed E-state index contributed by atoms with van der Waals surface area (Å²) in [5.41, 5.74) is 0.433. The predicted molar refractivity (Wildman–Crippen MR) is 63.7 cm³/mol. The molecule has 0 radical (unpaired) electrons. The maximum Gasteiger partial charge on any atom is 0.255 e. The molecule has 1 heterocycles. The Kier molecular flexibility index (Phi) is 3.59. The van der Waals surface area contributed by atoms with Crippen LogP contribution in [-0.2, 0) is 4.79 Å². The number of carbonyl (C=O) groups excluding carboxylic acids is 2. The first-order valence-electron chi connectivity index (χ1n) is 4.98. The lowest BCUT2D eigenvalue weighted by Gasteiger charge is -2.24. The van der Waals surface area contributed by atoms with Crippen LogP contribution in [0.4, 0.5) is 0 Å². The molecule has 1 aliphatic heterocycles. The molecule has 1 aliphatic rings. The van der Waals surface area contributed by atoms with Crippen molar-refractivity contribution in [3.8, 4) is 0 Å². The van der Waals surface area contributed by atoms with Gasteiger partial charge in [-0.3, -0.25) is 4.79 Å². The first-order valence-corrected chi connectivity index (χ1v) is 6.41. The van der Waals surface area contributed by atoms with Crippen LogP contribution in [-0.4, -0.2) is 34.4 Å². The largest absolute Gasteiger partial charge is 0.547 e. The Hall–Kier alpha value is -1.20. The van der Waals surface area contributed by atoms with Crippen molar-refractivity contribution in [1.82, 2.24) is 4.90 Å². The number of carbonyl (C=O) groups is 2. The van der Waals surface area contributed by atoms with E-state index in [0.717, 1.165) is 0 Å². The zero-order valence-electron chi connectivity index (χ0n) is 8.76. The van der Waals surface area contributed by atoms with Gasteiger partial charge in [0, 0.05) is 22.9 Å². The minimum absolute atomic E-state index is 0.305. The average molecular weight is 271 g/mol. The zero-order valence-corrected chi connectivity index (χ0v) is 10.3. The fourth-order valence-electron chi connectivity index (χ4n) is 1.63. The third-order valence-corrected chi connectivity index (χ3v) is 3.88. The van der Waals surface area contributed by atoms with Crippen molar-refractivity contribution in [2.24, 2.45) is 0 Å². The van der Waals surface area contributed by atoms with Gasteiger partial charge in [-0.15, -0.1) is 11.8 Å². The molecule has 0 unspecified atom stereocenters. The monoisotopic (exact) mass is 270 g/mol. The molecule has 1 fully saturated rings. The molecule has 90 valence electrons. The molecule has 0 saturated carbocycles. The summed E-state index contributed by atoms with van der Waals surface area (Å²) in [6.07, 6.45) is 0. The van der Waals surface area contributed by atoms with Crippen LogP contribution >= 0.6 is 23.4 Å². The van der Waals surface area contributed by atoms with Gasteiger partial charge >= 0.3 is 0 Å². The van der Waals surface area contributed by atoms with E-state index in [9.17, 15) is 14.7 Å². The number of carboxylic acid groups (broad SMARTS) is 1. The minimum atomic E-state index is -1.23. The molecule has 2 rings (SSSR count). The summed E-state index contributed by atoms with van der Waals surface area (Å²) in [7, 11) is 0. The number of carboxylic acids is 1. The third-order valence-electron chi connectivity index (χ3n) is 2.44. The first-order chi connectivity index (χ1) is 8.09. The van der Waals surface area contributed by atoms with Gasteiger partial charge in [0.2, 0.25) is 0 Å². The maximum atomic E-state index is 12.1. The van der Waals surface area contributed by atoms with Crippen molar-refractivity contribution in [3.05, 3.63) is 34.9 Å². The number of benzene rings is 1. The van der Waals surface area contributed by atoms with E-state index in [-0.39, 0.29) is 5.91 Å². The summed E-state index contributed by atoms with van der Waals surface area (Å²) in [6, 6.07) is 6.37. The van der Waals surface area contributed by atoms with E-state index in [0.29, 0.717) is 22.9 Å². The molecule has 1 saturated heterocycles. The normalized spacial score (nSPS) is 19.4. The van der Waals surface area contributed by atoms with E-state index >= 15 is 0 Å². The molecule has 0 aliphatic carbocycles. The van der Waals surface area contributed by atoms with Gasteiger partial charge in [0.25, 0.3) is 5.91 Å². The number of hydrogen-bond donors (Lipinski definition) is 0. The van der Waals surface area contributed by atoms with Gasteiger partial charge in [-0.1, -0.05) is 11.6 Å². The Balaban J connectivity index is 2.19. The van der Waals surface area contributed by atoms with Gasteiger partial charge in [0.15, 0.2) is 0 Å². The molecule has 0 aromatic heterocycles. The van der Waals surface area contributed by atoms with E-state index in [1.807, 2.05) is 0 Å². The van der Waals surface area contributed by atoms with Gasteiger partial charge in [0.1, 0.15) is 5.37 Å². The first kappa shape index (κ1) is 12.3. The van der Waals surface area contributed by atoms with Crippen LogP contribution in [0.25, 0.3) is 0 Å². The lowest BCUT2D eigenvalue weighted by molar-refractivity contribution is -0.307. The highest BCUT2D eigenvalue weighted by atomic mass is 35.5. The standard InChI is InChI=1S/C11H10ClNO3S/c12-8-3-1-7(2-4-8)9(14)13-5-6-17-10(13)11(15)16/h1-4,10H,5-6H2,(H,15,16)/p-1/t10-/m0/s1. The highest BCUT2D eigenvalue weighted by Gasteiger charge is 2.30. The Bertz CT molecular complexity index is 449. The van der Waals surface area contributed by atoms with Crippen molar-refractivity contribution in [2.45, 2.75) is 5.37 Å². The lowest BCUT2D eigenvalue weighted by Crippen LogP contribution is -2.45. The van der Waals surface area contributed by atoms with E-state index in [1.54, 1.807) is 24.3 Å². The summed E-state index contributed by atoms with van der Waals surface area (Å²) in [5, 5.41) is 10.5. The van der Waals surface area contributed by atoms with E-state index in [1.165, 1.54) is 16.7 Å². The van der Waals surface area contributed by atoms with E-state index in [2.05, 4.69) is 0 Å². The Morgan fingerprint density at radius 1 is 1.35 bits per heavy atom. The molecule has 17 heavy (non-hydrogen) atoms. The van der Waals surface area contributed by atoms with Crippen molar-refractivity contribution in [1.29, 1.82) is 0 Å². The van der Waals surface area contributed by atoms with Crippen LogP contribution < -0.4 is 5.11 Å². The van der Waals surface area contributed by atoms with Gasteiger partial charge in [-0.2, -0.15) is 0 Å². The summed E-state index contributed by atoms with van der Waals surface area (Å²) < 4.78 is 0. The summed E-state index contributed by atoms with van der Waals surface area (Å²) in [6.45, 7) is 0.421. The second kappa shape index (κ2) is 4.98. The minimum Gasteiger partial charge on any atom is -0.547 e. The van der Waals surface area contributed by atoms with Gasteiger partial charge in [-0.25, -0.2) is 0 Å². The number of amides is 1. The number of hydrogen-bond acceptors (Lipinski definition) is 4. The Morgan fingerprint density at radius 3 is 2.59 bits per heavy atom. The molecule has 1 amide bonds. The van der Waals surface area contributed by atoms with Gasteiger partial charge in [-0.05, 0) is 24.3 Å². The third kappa shape index (κ3) is 2.56. The number of halogens is 1. The van der Waals surface area contributed by atoms with E-state index in [4.69, 9.17) is 11.6 Å². The van der Waals surface area contributed by atoms with Crippen LogP contribution in [0.3, 0.4) is 0 Å². The number of thioether (sulfide) groups is 1. The van der Waals surface area contributed by atoms with Crippen molar-refractivity contribution >= 4 is 35.2 Å². The van der Waals surface area contributed by atoms with Crippen LogP contribution in [0.1, 0.15) is 10.4 Å². The van der Waals surface area contributed by atoms with Gasteiger partial charge < -0.3 is 14.8 Å². The van der Waals surface area contributed by atoms with E-state index < -0.39 is 11.3 Å². The highest BCUT2D eigenvalue weighted by molar-refractivity contribution is 8.00. The molecule has 0 bridgehead atoms. The van der Waals surface area contributed by atoms with Crippen LogP contribution in [0, 0.1) is 0 Å². The smallest absolute Gasteiger partial charge is 0.255 e. The molecule has 0 spiro atoms. The number of rotatable bonds is 2. The molecule has 1 aromatic carbocycles. The van der Waals surface area contributed by atoms with Crippen molar-refractivity contribution < 1.29 is 14.7 Å². The second-order valence-corrected chi connectivity index (χ2v) is 5.17. The molecule has 1 aromatic rings. The van der Waals surface area contributed by atoms with Crippen molar-refractivity contribution in [2.75, 3.05) is 12.3 Å². The fraction of sp³-hybridized carbons (Fsp3) is 0.273. The molecular formula is C11H9ClNO3S-. The quantitative estimate of drug-likeness (QED) is 0.790. The van der Waals surface area contributed by atoms with Crippen molar-refractivity contribution in [3.63, 3.8) is 0 Å². The molecule has 1 atom stereocenters. The maximum absolute atomic E-state index is 12.1. The summed E-state index contributed by atoms with van der Waals surface area (Å²) in [4.78, 5) is 24.2. The van der Waals surface area contributed by atoms with Crippen LogP contribution in [0.5, 0.6) is 0 Å². The number of aliphatic carboxylic acids is 1. The number of nitrogens with zero attached hydrogens (tertiary/aromatic N) is 1. The topological polar surface area (TPSA) is 60.4 Å². The SMILES string of the molecule is O=C([O-])[C@@H]1SCCN1C(=O)c1ccc(Cl)cc1. The second-order valence-electron chi connectivity index (χ2n) is 3.55. The Labute approximate surface area is 108 Å². The predicted octanol–water partition coefficient (Wildman–Crippen LogP) is 0.605.